The van der Waals surface area contributed by atoms with Crippen molar-refractivity contribution < 1.29 is 56.3 Å². The van der Waals surface area contributed by atoms with Gasteiger partial charge in [0.25, 0.3) is 5.56 Å². The first-order valence-electron chi connectivity index (χ1n) is 8.00. The van der Waals surface area contributed by atoms with E-state index in [-0.39, 0.29) is 99.0 Å². The first-order chi connectivity index (χ1) is 14.2. The summed E-state index contributed by atoms with van der Waals surface area (Å²) in [5, 5.41) is 10.1. The fourth-order valence-corrected chi connectivity index (χ4v) is 5.69. The Morgan fingerprint density at radius 1 is 1.11 bits per heavy atom. The average molecular weight is 535 g/mol. The number of nitrogen functional groups attached to an aromatic ring is 1. The molecule has 0 amide bonds. The maximum absolute atomic E-state index is 11.8. The summed E-state index contributed by atoms with van der Waals surface area (Å²) in [5.74, 6) is -0.193. The number of nitrogens with zero attached hydrogens (tertiary/aromatic N) is 3. The molecule has 8 N–H and O–H groups in total. The number of fused-ring (bicyclic) bond motifs is 1. The van der Waals surface area contributed by atoms with Gasteiger partial charge in [0, 0.05) is 81.9 Å². The van der Waals surface area contributed by atoms with E-state index < -0.39 is 54.1 Å². The van der Waals surface area contributed by atoms with E-state index in [1.165, 1.54) is 10.9 Å². The Kier molecular flexibility index (Phi) is 15.5. The van der Waals surface area contributed by atoms with Gasteiger partial charge < -0.3 is 35.2 Å². The Bertz CT molecular complexity index is 1190. The van der Waals surface area contributed by atoms with E-state index in [4.69, 9.17) is 25.2 Å². The number of anilines is 1. The number of nitrogens with one attached hydrogen (secondary N) is 1. The number of imidazole rings is 1. The summed E-state index contributed by atoms with van der Waals surface area (Å²) in [7, 11) is -16.6. The summed E-state index contributed by atoms with van der Waals surface area (Å²) in [6.07, 6.45) is -2.36. The summed E-state index contributed by atoms with van der Waals surface area (Å²) in [6.45, 7) is -0.843. The molecule has 178 valence electrons. The smallest absolute Gasteiger partial charge is 0.390 e. The normalized spacial score (nSPS) is 23.1. The Hall–Kier alpha value is 0.870. The predicted molar refractivity (Wildman–Crippen MR) is 120 cm³/mol. The number of hydrogen-bond donors (Lipinski definition) is 7. The maximum atomic E-state index is 11.8. The van der Waals surface area contributed by atoms with Crippen LogP contribution in [0.25, 0.3) is 11.2 Å². The summed E-state index contributed by atoms with van der Waals surface area (Å²) in [4.78, 5) is 57.5. The Balaban J connectivity index is 0. The zero-order chi connectivity index (χ0) is 23.2. The van der Waals surface area contributed by atoms with Crippen molar-refractivity contribution in [3.05, 3.63) is 16.7 Å². The van der Waals surface area contributed by atoms with Crippen LogP contribution >= 0.6 is 23.5 Å². The van der Waals surface area contributed by atoms with Crippen LogP contribution in [0.5, 0.6) is 0 Å². The zero-order valence-electron chi connectivity index (χ0n) is 19.0. The number of aromatic nitrogens is 4. The number of nitrogens with two attached hydrogens (primary N) is 1. The summed E-state index contributed by atoms with van der Waals surface area (Å²) in [6, 6.07) is 0. The zero-order valence-corrected chi connectivity index (χ0v) is 21.7. The van der Waals surface area contributed by atoms with Gasteiger partial charge >= 0.3 is 23.5 Å². The van der Waals surface area contributed by atoms with Gasteiger partial charge in [-0.2, -0.15) is 13.6 Å². The minimum absolute atomic E-state index is 0. The number of phosphoric acid groups is 3. The predicted octanol–water partition coefficient (Wildman–Crippen LogP) is -2.83. The molecule has 2 aromatic heterocycles. The molecule has 1 aliphatic rings. The average Bonchev–Trinajstić information content (AvgIpc) is 3.13. The van der Waals surface area contributed by atoms with E-state index >= 15 is 0 Å². The molecule has 0 aliphatic carbocycles. The van der Waals surface area contributed by atoms with E-state index in [1.54, 1.807) is 0 Å². The topological polar surface area (TPSA) is 279 Å². The molecule has 5 atom stereocenters. The van der Waals surface area contributed by atoms with Crippen molar-refractivity contribution in [2.24, 2.45) is 0 Å². The van der Waals surface area contributed by atoms with Crippen LogP contribution in [0.4, 0.5) is 5.95 Å². The molecule has 0 bridgehead atoms. The minimum atomic E-state index is -5.67. The monoisotopic (exact) mass is 535 g/mol. The molecule has 35 heavy (non-hydrogen) atoms. The van der Waals surface area contributed by atoms with Gasteiger partial charge in [0.1, 0.15) is 12.3 Å². The van der Waals surface area contributed by atoms with Crippen molar-refractivity contribution in [2.75, 3.05) is 12.3 Å². The van der Waals surface area contributed by atoms with Crippen LogP contribution in [-0.4, -0.2) is 138 Å². The molecule has 25 heteroatoms. The Labute approximate surface area is 244 Å². The van der Waals surface area contributed by atoms with Crippen molar-refractivity contribution in [1.29, 1.82) is 0 Å². The molecule has 0 spiro atoms. The number of H-pyrrole nitrogens is 1. The van der Waals surface area contributed by atoms with Crippen molar-refractivity contribution >= 4 is 116 Å². The van der Waals surface area contributed by atoms with Crippen LogP contribution in [0.3, 0.4) is 0 Å². The van der Waals surface area contributed by atoms with Crippen molar-refractivity contribution in [3.8, 4) is 0 Å². The maximum Gasteiger partial charge on any atom is 0.490 e. The molecular weight excluding hydrogens is 519 g/mol. The van der Waals surface area contributed by atoms with Gasteiger partial charge in [-0.25, -0.2) is 18.7 Å². The summed E-state index contributed by atoms with van der Waals surface area (Å²) >= 11 is 0. The molecule has 0 aromatic carbocycles. The Morgan fingerprint density at radius 2 is 1.71 bits per heavy atom. The second kappa shape index (κ2) is 14.3. The van der Waals surface area contributed by atoms with Gasteiger partial charge in [-0.15, -0.1) is 0 Å². The van der Waals surface area contributed by atoms with Gasteiger partial charge in [-0.3, -0.25) is 18.9 Å². The molecule has 2 aromatic rings. The SMILES string of the molecule is Nc1nc2c(ncn2[C@H]2C[C@H](O)[C@@H](COP(=O)(O)OP(=O)(O)OP(=O)(O)O)O2)c(=O)[nH]1.[Li].[Li].[Li].[Li]. The third-order valence-electron chi connectivity index (χ3n) is 3.78. The van der Waals surface area contributed by atoms with Crippen molar-refractivity contribution in [1.82, 2.24) is 19.5 Å². The molecule has 4 radical (unpaired) electrons. The third-order valence-corrected chi connectivity index (χ3v) is 7.59. The van der Waals surface area contributed by atoms with E-state index in [9.17, 15) is 28.5 Å². The van der Waals surface area contributed by atoms with Crippen molar-refractivity contribution in [3.63, 3.8) is 0 Å². The van der Waals surface area contributed by atoms with Gasteiger partial charge in [-0.1, -0.05) is 0 Å². The van der Waals surface area contributed by atoms with E-state index in [1.807, 2.05) is 0 Å². The fourth-order valence-electron chi connectivity index (χ4n) is 2.66. The Morgan fingerprint density at radius 3 is 2.29 bits per heavy atom. The number of aromatic amines is 1. The van der Waals surface area contributed by atoms with Crippen LogP contribution in [0.2, 0.25) is 0 Å². The standard InChI is InChI=1S/C10H16N5O13P3.4Li/c11-10-13-8-7(9(17)14-10)12-3-15(8)6-1-4(16)5(26-6)2-25-30(21,22)28-31(23,24)27-29(18,19)20;;;;/h3-6,16H,1-2H2,(H,21,22)(H,23,24)(H2,18,19,20)(H3,11,13,14,17);;;;/t4-,5+,6+;;;;/m0..../s1. The largest absolute Gasteiger partial charge is 0.490 e. The van der Waals surface area contributed by atoms with Crippen LogP contribution in [0.1, 0.15) is 12.6 Å². The van der Waals surface area contributed by atoms with Gasteiger partial charge in [0.2, 0.25) is 5.95 Å². The van der Waals surface area contributed by atoms with Crippen LogP contribution in [0.15, 0.2) is 11.1 Å². The van der Waals surface area contributed by atoms with Gasteiger partial charge in [0.15, 0.2) is 11.2 Å². The van der Waals surface area contributed by atoms with Crippen molar-refractivity contribution in [2.45, 2.75) is 24.9 Å². The van der Waals surface area contributed by atoms with E-state index in [0.717, 1.165) is 0 Å². The van der Waals surface area contributed by atoms with Gasteiger partial charge in [-0.05, 0) is 0 Å². The number of ether oxygens (including phenoxy) is 1. The summed E-state index contributed by atoms with van der Waals surface area (Å²) in [5.41, 5.74) is 4.89. The number of hydrogen-bond acceptors (Lipinski definition) is 12. The molecule has 3 heterocycles. The van der Waals surface area contributed by atoms with E-state index in [2.05, 4.69) is 28.1 Å². The molecule has 1 saturated heterocycles. The van der Waals surface area contributed by atoms with Crippen LogP contribution < -0.4 is 11.3 Å². The number of phosphoric ester groups is 1. The van der Waals surface area contributed by atoms with Crippen LogP contribution in [0, 0.1) is 0 Å². The number of rotatable bonds is 8. The first-order valence-corrected chi connectivity index (χ1v) is 12.5. The molecule has 3 rings (SSSR count). The molecule has 0 saturated carbocycles. The van der Waals surface area contributed by atoms with Gasteiger partial charge in [0.05, 0.1) is 19.0 Å². The second-order valence-electron chi connectivity index (χ2n) is 6.09. The fraction of sp³-hybridized carbons (Fsp3) is 0.500. The van der Waals surface area contributed by atoms with E-state index in [0.29, 0.717) is 0 Å². The van der Waals surface area contributed by atoms with Crippen LogP contribution in [-0.2, 0) is 31.6 Å². The quantitative estimate of drug-likeness (QED) is 0.133. The second-order valence-corrected chi connectivity index (χ2v) is 10.5. The molecule has 1 aliphatic heterocycles. The molecule has 18 nitrogen and oxygen atoms in total. The third kappa shape index (κ3) is 10.5. The number of aliphatic hydroxyl groups is 1. The number of aliphatic hydroxyl groups excluding tert-OH is 1. The molecular formula is C10H16Li4N5O13P3. The summed E-state index contributed by atoms with van der Waals surface area (Å²) < 4.78 is 52.1. The first kappa shape index (κ1) is 38.0. The molecule has 2 unspecified atom stereocenters. The molecule has 1 fully saturated rings. The minimum Gasteiger partial charge on any atom is -0.390 e.